The Bertz CT molecular complexity index is 1900. The van der Waals surface area contributed by atoms with Crippen LogP contribution >= 0.6 is 0 Å². The van der Waals surface area contributed by atoms with Crippen LogP contribution in [0.5, 0.6) is 5.75 Å². The lowest BCUT2D eigenvalue weighted by atomic mass is 10.1. The third-order valence-corrected chi connectivity index (χ3v) is 6.27. The molecular weight excluding hydrogens is 478 g/mol. The summed E-state index contributed by atoms with van der Waals surface area (Å²) < 4.78 is 7.83. The minimum atomic E-state index is 0.464. The van der Waals surface area contributed by atoms with Gasteiger partial charge in [0.1, 0.15) is 29.9 Å². The highest BCUT2D eigenvalue weighted by molar-refractivity contribution is 5.95. The van der Waals surface area contributed by atoms with Gasteiger partial charge in [-0.2, -0.15) is 5.10 Å². The zero-order valence-corrected chi connectivity index (χ0v) is 20.3. The number of hydrogen-bond donors (Lipinski definition) is 2. The molecule has 7 aromatic rings. The van der Waals surface area contributed by atoms with Crippen LogP contribution in [0.3, 0.4) is 0 Å². The molecule has 0 spiro atoms. The molecule has 0 atom stereocenters. The Labute approximate surface area is 216 Å². The largest absolute Gasteiger partial charge is 0.487 e. The van der Waals surface area contributed by atoms with Crippen molar-refractivity contribution >= 4 is 21.9 Å². The SMILES string of the molecule is Cc1cn(-c2nccc3[nH]c(-c4n[nH]c5cnc(-c6cncc(OCc7ccccc7)c6)cc45)nc23)cn1. The van der Waals surface area contributed by atoms with Gasteiger partial charge in [0, 0.05) is 29.5 Å². The highest BCUT2D eigenvalue weighted by atomic mass is 16.5. The van der Waals surface area contributed by atoms with Crippen molar-refractivity contribution in [3.63, 3.8) is 0 Å². The molecular formula is C28H21N9O. The molecule has 0 amide bonds. The highest BCUT2D eigenvalue weighted by Crippen LogP contribution is 2.30. The van der Waals surface area contributed by atoms with Crippen molar-refractivity contribution in [3.8, 4) is 34.3 Å². The van der Waals surface area contributed by atoms with Crippen molar-refractivity contribution in [1.29, 1.82) is 0 Å². The van der Waals surface area contributed by atoms with E-state index in [9.17, 15) is 0 Å². The molecule has 0 fully saturated rings. The van der Waals surface area contributed by atoms with Gasteiger partial charge in [-0.3, -0.25) is 19.6 Å². The highest BCUT2D eigenvalue weighted by Gasteiger charge is 2.17. The Kier molecular flexibility index (Phi) is 5.14. The smallest absolute Gasteiger partial charge is 0.166 e. The second kappa shape index (κ2) is 8.93. The maximum atomic E-state index is 5.97. The van der Waals surface area contributed by atoms with Gasteiger partial charge in [0.2, 0.25) is 0 Å². The summed E-state index contributed by atoms with van der Waals surface area (Å²) in [7, 11) is 0. The number of rotatable bonds is 6. The molecule has 38 heavy (non-hydrogen) atoms. The maximum Gasteiger partial charge on any atom is 0.166 e. The van der Waals surface area contributed by atoms with Gasteiger partial charge in [-0.1, -0.05) is 30.3 Å². The minimum absolute atomic E-state index is 0.464. The van der Waals surface area contributed by atoms with E-state index >= 15 is 0 Å². The van der Waals surface area contributed by atoms with E-state index in [-0.39, 0.29) is 0 Å². The van der Waals surface area contributed by atoms with Crippen LogP contribution in [-0.4, -0.2) is 44.7 Å². The summed E-state index contributed by atoms with van der Waals surface area (Å²) in [6.45, 7) is 2.40. The summed E-state index contributed by atoms with van der Waals surface area (Å²) in [6.07, 6.45) is 10.6. The van der Waals surface area contributed by atoms with Gasteiger partial charge in [-0.05, 0) is 30.7 Å². The lowest BCUT2D eigenvalue weighted by Gasteiger charge is -2.08. The number of aromatic nitrogens is 9. The van der Waals surface area contributed by atoms with Crippen molar-refractivity contribution in [1.82, 2.24) is 44.7 Å². The first-order valence-electron chi connectivity index (χ1n) is 12.0. The van der Waals surface area contributed by atoms with Crippen LogP contribution in [0.25, 0.3) is 50.5 Å². The minimum Gasteiger partial charge on any atom is -0.487 e. The quantitative estimate of drug-likeness (QED) is 0.329. The molecule has 7 rings (SSSR count). The van der Waals surface area contributed by atoms with Crippen molar-refractivity contribution in [2.24, 2.45) is 0 Å². The summed E-state index contributed by atoms with van der Waals surface area (Å²) in [5, 5.41) is 8.50. The maximum absolute atomic E-state index is 5.97. The zero-order valence-electron chi connectivity index (χ0n) is 20.3. The van der Waals surface area contributed by atoms with Crippen molar-refractivity contribution < 1.29 is 4.74 Å². The number of nitrogens with zero attached hydrogens (tertiary/aromatic N) is 7. The van der Waals surface area contributed by atoms with Gasteiger partial charge in [-0.15, -0.1) is 0 Å². The van der Waals surface area contributed by atoms with Crippen molar-refractivity contribution in [2.45, 2.75) is 13.5 Å². The Balaban J connectivity index is 1.24. The monoisotopic (exact) mass is 499 g/mol. The zero-order chi connectivity index (χ0) is 25.5. The van der Waals surface area contributed by atoms with Crippen molar-refractivity contribution in [3.05, 3.63) is 97.1 Å². The first-order valence-corrected chi connectivity index (χ1v) is 12.0. The number of pyridine rings is 3. The van der Waals surface area contributed by atoms with Crippen molar-refractivity contribution in [2.75, 3.05) is 0 Å². The molecule has 0 saturated carbocycles. The number of H-pyrrole nitrogens is 2. The fourth-order valence-electron chi connectivity index (χ4n) is 4.39. The van der Waals surface area contributed by atoms with Crippen LogP contribution in [0.4, 0.5) is 0 Å². The Hall–Kier alpha value is -5.38. The summed E-state index contributed by atoms with van der Waals surface area (Å²) in [4.78, 5) is 26.1. The standard InChI is InChI=1S/C28H21N9O/c1-17-14-37(16-32-17)28-26-22(7-8-30-28)33-27(34-26)25-21-10-23(31-13-24(21)35-36-25)19-9-20(12-29-11-19)38-15-18-5-3-2-4-6-18/h2-14,16H,15H2,1H3,(H,33,34)(H,35,36). The third kappa shape index (κ3) is 3.94. The molecule has 0 aliphatic carbocycles. The van der Waals surface area contributed by atoms with Gasteiger partial charge in [-0.25, -0.2) is 15.0 Å². The number of imidazole rings is 2. The van der Waals surface area contributed by atoms with Crippen LogP contribution in [0, 0.1) is 6.92 Å². The first kappa shape index (κ1) is 21.9. The lowest BCUT2D eigenvalue weighted by molar-refractivity contribution is 0.305. The molecule has 10 heteroatoms. The van der Waals surface area contributed by atoms with E-state index in [4.69, 9.17) is 9.72 Å². The Morgan fingerprint density at radius 3 is 2.74 bits per heavy atom. The summed E-state index contributed by atoms with van der Waals surface area (Å²) in [6, 6.07) is 15.8. The van der Waals surface area contributed by atoms with Crippen LogP contribution in [0.15, 0.2) is 85.8 Å². The van der Waals surface area contributed by atoms with E-state index in [1.807, 2.05) is 66.2 Å². The third-order valence-electron chi connectivity index (χ3n) is 6.27. The number of benzene rings is 1. The molecule has 0 bridgehead atoms. The second-order valence-corrected chi connectivity index (χ2v) is 8.91. The van der Waals surface area contributed by atoms with Crippen LogP contribution in [-0.2, 0) is 6.61 Å². The van der Waals surface area contributed by atoms with E-state index in [1.54, 1.807) is 31.1 Å². The number of ether oxygens (including phenoxy) is 1. The molecule has 6 aromatic heterocycles. The number of hydrogen-bond acceptors (Lipinski definition) is 7. The van der Waals surface area contributed by atoms with E-state index < -0.39 is 0 Å². The average molecular weight is 500 g/mol. The van der Waals surface area contributed by atoms with E-state index in [1.165, 1.54) is 0 Å². The normalized spacial score (nSPS) is 11.4. The fourth-order valence-corrected chi connectivity index (χ4v) is 4.39. The van der Waals surface area contributed by atoms with Gasteiger partial charge >= 0.3 is 0 Å². The Morgan fingerprint density at radius 2 is 1.87 bits per heavy atom. The molecule has 0 saturated heterocycles. The summed E-state index contributed by atoms with van der Waals surface area (Å²) in [5.74, 6) is 2.01. The van der Waals surface area contributed by atoms with Gasteiger partial charge < -0.3 is 9.72 Å². The number of nitrogens with one attached hydrogen (secondary N) is 2. The van der Waals surface area contributed by atoms with Crippen LogP contribution in [0.2, 0.25) is 0 Å². The molecule has 0 aliphatic heterocycles. The topological polar surface area (TPSA) is 123 Å². The summed E-state index contributed by atoms with van der Waals surface area (Å²) in [5.41, 5.74) is 6.68. The van der Waals surface area contributed by atoms with Crippen LogP contribution < -0.4 is 4.74 Å². The van der Waals surface area contributed by atoms with Gasteiger partial charge in [0.05, 0.1) is 34.8 Å². The lowest BCUT2D eigenvalue weighted by Crippen LogP contribution is -1.96. The predicted octanol–water partition coefficient (Wildman–Crippen LogP) is 5.03. The number of aryl methyl sites for hydroxylation is 1. The number of aromatic amines is 2. The van der Waals surface area contributed by atoms with E-state index in [0.717, 1.165) is 44.5 Å². The van der Waals surface area contributed by atoms with Crippen LogP contribution in [0.1, 0.15) is 11.3 Å². The van der Waals surface area contributed by atoms with Gasteiger partial charge in [0.15, 0.2) is 11.6 Å². The molecule has 10 nitrogen and oxygen atoms in total. The molecule has 2 N–H and O–H groups in total. The molecule has 0 aliphatic rings. The molecule has 6 heterocycles. The van der Waals surface area contributed by atoms with Gasteiger partial charge in [0.25, 0.3) is 0 Å². The second-order valence-electron chi connectivity index (χ2n) is 8.91. The first-order chi connectivity index (χ1) is 18.7. The predicted molar refractivity (Wildman–Crippen MR) is 143 cm³/mol. The fraction of sp³-hybridized carbons (Fsp3) is 0.0714. The Morgan fingerprint density at radius 1 is 0.947 bits per heavy atom. The average Bonchev–Trinajstić information content (AvgIpc) is 3.70. The molecule has 1 aromatic carbocycles. The van der Waals surface area contributed by atoms with E-state index in [0.29, 0.717) is 29.7 Å². The molecule has 0 unspecified atom stereocenters. The molecule has 184 valence electrons. The molecule has 0 radical (unpaired) electrons. The van der Waals surface area contributed by atoms with E-state index in [2.05, 4.69) is 35.1 Å². The summed E-state index contributed by atoms with van der Waals surface area (Å²) >= 11 is 0. The number of fused-ring (bicyclic) bond motifs is 2.